The van der Waals surface area contributed by atoms with Crippen molar-refractivity contribution in [1.82, 2.24) is 4.90 Å². The molecular weight excluding hydrogens is 310 g/mol. The molecule has 1 aromatic rings. The first-order chi connectivity index (χ1) is 12.3. The van der Waals surface area contributed by atoms with Crippen LogP contribution in [0.2, 0.25) is 0 Å². The SMILES string of the molecule is OC[C@@]12CCC[C@]3(CC=CCO[C@H]13)CN(CCCc1ccccc1)C2. The summed E-state index contributed by atoms with van der Waals surface area (Å²) in [7, 11) is 0. The zero-order valence-corrected chi connectivity index (χ0v) is 15.2. The third kappa shape index (κ3) is 3.30. The van der Waals surface area contributed by atoms with Crippen LogP contribution in [0.3, 0.4) is 0 Å². The van der Waals surface area contributed by atoms with Crippen LogP contribution in [0.5, 0.6) is 0 Å². The Kier molecular flexibility index (Phi) is 4.99. The fraction of sp³-hybridized carbons (Fsp3) is 0.636. The molecular formula is C22H31NO2. The smallest absolute Gasteiger partial charge is 0.0741 e. The fourth-order valence-electron chi connectivity index (χ4n) is 5.66. The number of benzene rings is 1. The van der Waals surface area contributed by atoms with E-state index in [-0.39, 0.29) is 23.5 Å². The van der Waals surface area contributed by atoms with Crippen LogP contribution < -0.4 is 0 Å². The van der Waals surface area contributed by atoms with Crippen molar-refractivity contribution >= 4 is 0 Å². The van der Waals surface area contributed by atoms with Gasteiger partial charge in [-0.2, -0.15) is 0 Å². The molecule has 2 bridgehead atoms. The number of hydrogen-bond acceptors (Lipinski definition) is 3. The van der Waals surface area contributed by atoms with E-state index in [4.69, 9.17) is 4.74 Å². The maximum atomic E-state index is 10.3. The lowest BCUT2D eigenvalue weighted by molar-refractivity contribution is -0.197. The maximum absolute atomic E-state index is 10.3. The second kappa shape index (κ2) is 7.22. The molecule has 0 spiro atoms. The number of nitrogens with zero attached hydrogens (tertiary/aromatic N) is 1. The van der Waals surface area contributed by atoms with Gasteiger partial charge in [-0.15, -0.1) is 0 Å². The van der Waals surface area contributed by atoms with Gasteiger partial charge in [0.05, 0.1) is 19.3 Å². The van der Waals surface area contributed by atoms with Gasteiger partial charge in [0.1, 0.15) is 0 Å². The maximum Gasteiger partial charge on any atom is 0.0741 e. The summed E-state index contributed by atoms with van der Waals surface area (Å²) in [6, 6.07) is 10.8. The van der Waals surface area contributed by atoms with E-state index in [1.807, 2.05) is 0 Å². The Balaban J connectivity index is 1.47. The van der Waals surface area contributed by atoms with Gasteiger partial charge in [0.15, 0.2) is 0 Å². The quantitative estimate of drug-likeness (QED) is 0.833. The van der Waals surface area contributed by atoms with Crippen molar-refractivity contribution < 1.29 is 9.84 Å². The summed E-state index contributed by atoms with van der Waals surface area (Å²) < 4.78 is 6.31. The topological polar surface area (TPSA) is 32.7 Å². The van der Waals surface area contributed by atoms with Crippen LogP contribution in [-0.2, 0) is 11.2 Å². The van der Waals surface area contributed by atoms with Crippen LogP contribution in [-0.4, -0.2) is 49.0 Å². The average Bonchev–Trinajstić information content (AvgIpc) is 2.86. The highest BCUT2D eigenvalue weighted by Crippen LogP contribution is 2.54. The van der Waals surface area contributed by atoms with Crippen molar-refractivity contribution in [2.24, 2.45) is 10.8 Å². The molecule has 1 saturated heterocycles. The van der Waals surface area contributed by atoms with E-state index in [1.165, 1.54) is 24.8 Å². The van der Waals surface area contributed by atoms with Crippen LogP contribution in [0.4, 0.5) is 0 Å². The molecule has 3 nitrogen and oxygen atoms in total. The number of hydrogen-bond donors (Lipinski definition) is 1. The Labute approximate surface area is 151 Å². The van der Waals surface area contributed by atoms with Crippen molar-refractivity contribution in [2.45, 2.75) is 44.6 Å². The summed E-state index contributed by atoms with van der Waals surface area (Å²) in [5.74, 6) is 0. The average molecular weight is 341 g/mol. The molecule has 0 amide bonds. The molecule has 2 heterocycles. The van der Waals surface area contributed by atoms with E-state index < -0.39 is 0 Å². The van der Waals surface area contributed by atoms with Gasteiger partial charge in [-0.25, -0.2) is 0 Å². The highest BCUT2D eigenvalue weighted by atomic mass is 16.5. The number of allylic oxidation sites excluding steroid dienone is 1. The zero-order valence-electron chi connectivity index (χ0n) is 15.2. The second-order valence-corrected chi connectivity index (χ2v) is 8.43. The molecule has 0 radical (unpaired) electrons. The molecule has 0 unspecified atom stereocenters. The summed E-state index contributed by atoms with van der Waals surface area (Å²) in [5, 5.41) is 10.3. The van der Waals surface area contributed by atoms with Crippen LogP contribution in [0.15, 0.2) is 42.5 Å². The zero-order chi connectivity index (χ0) is 17.2. The number of likely N-dealkylation sites (tertiary alicyclic amines) is 1. The van der Waals surface area contributed by atoms with Gasteiger partial charge in [0.2, 0.25) is 0 Å². The van der Waals surface area contributed by atoms with Crippen LogP contribution >= 0.6 is 0 Å². The lowest BCUT2D eigenvalue weighted by atomic mass is 9.56. The van der Waals surface area contributed by atoms with E-state index in [2.05, 4.69) is 47.4 Å². The van der Waals surface area contributed by atoms with Gasteiger partial charge in [-0.3, -0.25) is 0 Å². The molecule has 3 heteroatoms. The molecule has 2 fully saturated rings. The van der Waals surface area contributed by atoms with Gasteiger partial charge in [0, 0.05) is 23.9 Å². The molecule has 1 saturated carbocycles. The van der Waals surface area contributed by atoms with Gasteiger partial charge in [0.25, 0.3) is 0 Å². The Morgan fingerprint density at radius 3 is 2.84 bits per heavy atom. The van der Waals surface area contributed by atoms with Crippen LogP contribution in [0.1, 0.15) is 37.7 Å². The predicted molar refractivity (Wildman–Crippen MR) is 101 cm³/mol. The van der Waals surface area contributed by atoms with Crippen molar-refractivity contribution in [3.63, 3.8) is 0 Å². The Bertz CT molecular complexity index is 601. The summed E-state index contributed by atoms with van der Waals surface area (Å²) >= 11 is 0. The lowest BCUT2D eigenvalue weighted by Crippen LogP contribution is -2.66. The highest BCUT2D eigenvalue weighted by molar-refractivity contribution is 5.15. The first-order valence-corrected chi connectivity index (χ1v) is 9.90. The minimum absolute atomic E-state index is 0.0603. The number of aliphatic hydroxyl groups excluding tert-OH is 1. The first-order valence-electron chi connectivity index (χ1n) is 9.90. The largest absolute Gasteiger partial charge is 0.396 e. The number of rotatable bonds is 5. The van der Waals surface area contributed by atoms with Gasteiger partial charge in [-0.05, 0) is 44.2 Å². The number of ether oxygens (including phenoxy) is 1. The Morgan fingerprint density at radius 2 is 2.00 bits per heavy atom. The normalized spacial score (nSPS) is 35.2. The van der Waals surface area contributed by atoms with Gasteiger partial charge < -0.3 is 14.7 Å². The van der Waals surface area contributed by atoms with Crippen LogP contribution in [0.25, 0.3) is 0 Å². The van der Waals surface area contributed by atoms with Crippen molar-refractivity contribution in [3.05, 3.63) is 48.0 Å². The minimum Gasteiger partial charge on any atom is -0.396 e. The van der Waals surface area contributed by atoms with Crippen molar-refractivity contribution in [2.75, 3.05) is 32.8 Å². The van der Waals surface area contributed by atoms with Crippen molar-refractivity contribution in [3.8, 4) is 0 Å². The highest BCUT2D eigenvalue weighted by Gasteiger charge is 2.58. The Hall–Kier alpha value is -1.16. The third-order valence-corrected chi connectivity index (χ3v) is 6.69. The summed E-state index contributed by atoms with van der Waals surface area (Å²) in [6.07, 6.45) is 11.7. The lowest BCUT2D eigenvalue weighted by Gasteiger charge is -2.60. The molecule has 3 atom stereocenters. The van der Waals surface area contributed by atoms with Crippen LogP contribution in [0, 0.1) is 10.8 Å². The monoisotopic (exact) mass is 341 g/mol. The molecule has 3 aliphatic rings. The van der Waals surface area contributed by atoms with Gasteiger partial charge >= 0.3 is 0 Å². The minimum atomic E-state index is -0.0603. The molecule has 25 heavy (non-hydrogen) atoms. The molecule has 1 aliphatic carbocycles. The summed E-state index contributed by atoms with van der Waals surface area (Å²) in [4.78, 5) is 2.62. The number of aryl methyl sites for hydroxylation is 1. The van der Waals surface area contributed by atoms with E-state index in [0.717, 1.165) is 38.9 Å². The standard InChI is InChI=1S/C22H31NO2/c24-18-22-13-7-12-21(11-4-5-15-25-20(21)22)16-23(17-22)14-6-10-19-8-2-1-3-9-19/h1-5,8-9,20,24H,6-7,10-18H2/t20-,21+,22-/m0/s1. The fourth-order valence-corrected chi connectivity index (χ4v) is 5.66. The summed E-state index contributed by atoms with van der Waals surface area (Å²) in [6.45, 7) is 4.20. The molecule has 1 aromatic carbocycles. The van der Waals surface area contributed by atoms with E-state index >= 15 is 0 Å². The van der Waals surface area contributed by atoms with E-state index in [0.29, 0.717) is 6.61 Å². The molecule has 0 aromatic heterocycles. The predicted octanol–water partition coefficient (Wildman–Crippen LogP) is 3.43. The third-order valence-electron chi connectivity index (χ3n) is 6.69. The molecule has 136 valence electrons. The first kappa shape index (κ1) is 17.3. The van der Waals surface area contributed by atoms with Gasteiger partial charge in [-0.1, -0.05) is 48.9 Å². The Morgan fingerprint density at radius 1 is 1.12 bits per heavy atom. The molecule has 1 N–H and O–H groups in total. The molecule has 4 rings (SSSR count). The summed E-state index contributed by atoms with van der Waals surface area (Å²) in [5.41, 5.74) is 1.57. The second-order valence-electron chi connectivity index (χ2n) is 8.43. The van der Waals surface area contributed by atoms with E-state index in [1.54, 1.807) is 0 Å². The molecule has 2 aliphatic heterocycles. The van der Waals surface area contributed by atoms with E-state index in [9.17, 15) is 5.11 Å². The number of piperidine rings is 1. The number of aliphatic hydroxyl groups is 1. The van der Waals surface area contributed by atoms with Crippen molar-refractivity contribution in [1.29, 1.82) is 0 Å².